The summed E-state index contributed by atoms with van der Waals surface area (Å²) >= 11 is 2.45. The number of carbonyl (C=O) groups excluding carboxylic acids is 11. The molecule has 29 heteroatoms. The van der Waals surface area contributed by atoms with Crippen molar-refractivity contribution in [2.75, 3.05) is 31.8 Å². The number of carbonyl (C=O) groups is 11. The van der Waals surface area contributed by atoms with Crippen LogP contribution in [0.3, 0.4) is 0 Å². The van der Waals surface area contributed by atoms with Gasteiger partial charge in [-0.2, -0.15) is 23.5 Å². The molecule has 0 saturated carbocycles. The number of amides is 10. The Bertz CT molecular complexity index is 2920. The number of aliphatic hydroxyl groups excluding tert-OH is 1. The number of carboxylic acid groups (broad SMARTS) is 1. The van der Waals surface area contributed by atoms with Crippen molar-refractivity contribution in [2.45, 2.75) is 152 Å². The topological polar surface area (TPSA) is 416 Å². The summed E-state index contributed by atoms with van der Waals surface area (Å²) in [5.74, 6) is -10.4. The van der Waals surface area contributed by atoms with Gasteiger partial charge in [-0.05, 0) is 92.0 Å². The monoisotopic (exact) mass is 1280 g/mol. The molecule has 3 aromatic rings. The van der Waals surface area contributed by atoms with Gasteiger partial charge in [0, 0.05) is 41.8 Å². The summed E-state index contributed by atoms with van der Waals surface area (Å²) in [4.78, 5) is 155. The molecule has 0 unspecified atom stereocenters. The quantitative estimate of drug-likeness (QED) is 0.0346. The molecular formula is C60H82N11O16S2-. The molecule has 1 heterocycles. The number of aromatic hydroxyl groups is 1. The average Bonchev–Trinajstić information content (AvgIpc) is 3.40. The van der Waals surface area contributed by atoms with Crippen molar-refractivity contribution >= 4 is 94.8 Å². The van der Waals surface area contributed by atoms with Crippen LogP contribution in [0.1, 0.15) is 95.4 Å². The number of aliphatic carboxylic acids is 1. The highest BCUT2D eigenvalue weighted by Crippen LogP contribution is 2.26. The maximum Gasteiger partial charge on any atom is 0.266 e. The van der Waals surface area contributed by atoms with Crippen molar-refractivity contribution in [3.05, 3.63) is 95.1 Å². The molecule has 0 radical (unpaired) electrons. The number of hydrogen-bond donors (Lipinski definition) is 12. The van der Waals surface area contributed by atoms with Gasteiger partial charge in [0.25, 0.3) is 5.91 Å². The molecule has 0 aliphatic carbocycles. The Morgan fingerprint density at radius 3 is 2.04 bits per heavy atom. The third kappa shape index (κ3) is 26.8. The second-order valence-corrected chi connectivity index (χ2v) is 23.7. The minimum absolute atomic E-state index is 0.0186. The largest absolute Gasteiger partial charge is 0.550 e. The van der Waals surface area contributed by atoms with Gasteiger partial charge in [-0.3, -0.25) is 47.9 Å². The van der Waals surface area contributed by atoms with Crippen LogP contribution < -0.4 is 63.4 Å². The molecule has 13 N–H and O–H groups in total. The number of primary amides is 1. The van der Waals surface area contributed by atoms with Gasteiger partial charge >= 0.3 is 0 Å². The molecule has 9 atom stereocenters. The highest BCUT2D eigenvalue weighted by molar-refractivity contribution is 7.98. The van der Waals surface area contributed by atoms with Crippen LogP contribution in [0.4, 0.5) is 0 Å². The van der Waals surface area contributed by atoms with Crippen molar-refractivity contribution in [3.8, 4) is 11.5 Å². The Balaban J connectivity index is 1.80. The summed E-state index contributed by atoms with van der Waals surface area (Å²) in [7, 11) is 1.23. The predicted molar refractivity (Wildman–Crippen MR) is 330 cm³/mol. The van der Waals surface area contributed by atoms with E-state index < -0.39 is 139 Å². The fraction of sp³-hybridized carbons (Fsp3) is 0.500. The zero-order valence-electron chi connectivity index (χ0n) is 50.6. The maximum atomic E-state index is 14.7. The van der Waals surface area contributed by atoms with E-state index in [0.717, 1.165) is 36.6 Å². The lowest BCUT2D eigenvalue weighted by atomic mass is 10.0. The lowest BCUT2D eigenvalue weighted by molar-refractivity contribution is -0.305. The van der Waals surface area contributed by atoms with Crippen LogP contribution >= 0.6 is 23.5 Å². The molecule has 1 aliphatic heterocycles. The molecule has 1 aliphatic rings. The van der Waals surface area contributed by atoms with Gasteiger partial charge in [0.2, 0.25) is 53.2 Å². The lowest BCUT2D eigenvalue weighted by Gasteiger charge is -2.27. The van der Waals surface area contributed by atoms with Crippen LogP contribution in [-0.4, -0.2) is 168 Å². The van der Waals surface area contributed by atoms with Crippen LogP contribution in [0.5, 0.6) is 11.5 Å². The molecule has 0 fully saturated rings. The molecule has 27 nitrogen and oxygen atoms in total. The number of phenolic OH excluding ortho intramolecular Hbond substituents is 1. The standard InChI is InChI=1S/C60H83N11O16S2/c1-7-8-12-21-87-42-24-39-23-40(25-42)31-89-33-48(70-58(83)45(66-50(75)29-63-86-6)26-37-13-10-9-11-14-37)59(84)68-44(22-34(2)3)55(80)62-28-49(74)65-46(27-38-15-17-41(73)18-16-38)57(82)67-43(19-20-51(76)77)56(81)64-35(4)54(79)71-52(36(5)72)60(85)69-47(53(61)78)32-88-30-39/h9-11,13-18,23-25,29,34-36,43-48,52,72-73H,7-8,12,19-22,26-28,30-33H2,1-6H3,(H2,61,78)(H,62,80)(H,64,81)(H,65,74)(H,66,75)(H,67,82)(H,68,84)(H,69,85)(H,70,83)(H,71,79)(H,76,77)/p-1/b63-29+/t35-,36+,43-,44-,45-,46-,47-,48-,52-/m0/s1. The van der Waals surface area contributed by atoms with Crippen LogP contribution in [0.25, 0.3) is 0 Å². The zero-order chi connectivity index (χ0) is 65.6. The Morgan fingerprint density at radius 1 is 0.775 bits per heavy atom. The van der Waals surface area contributed by atoms with Gasteiger partial charge in [0.15, 0.2) is 0 Å². The first-order chi connectivity index (χ1) is 42.3. The summed E-state index contributed by atoms with van der Waals surface area (Å²) in [6.07, 6.45) is 0.237. The number of ether oxygens (including phenoxy) is 1. The number of nitrogens with one attached hydrogen (secondary N) is 9. The molecule has 2 bridgehead atoms. The number of thioether (sulfide) groups is 2. The van der Waals surface area contributed by atoms with E-state index in [4.69, 9.17) is 10.5 Å². The Labute approximate surface area is 525 Å². The summed E-state index contributed by atoms with van der Waals surface area (Å²) in [6.45, 7) is 7.63. The van der Waals surface area contributed by atoms with Crippen molar-refractivity contribution in [1.82, 2.24) is 47.9 Å². The second-order valence-electron chi connectivity index (χ2n) is 21.6. The van der Waals surface area contributed by atoms with Gasteiger partial charge in [-0.1, -0.05) is 87.3 Å². The Morgan fingerprint density at radius 2 is 1.43 bits per heavy atom. The summed E-state index contributed by atoms with van der Waals surface area (Å²) in [5, 5.41) is 58.6. The molecule has 3 aromatic carbocycles. The van der Waals surface area contributed by atoms with Gasteiger partial charge in [0.1, 0.15) is 73.2 Å². The number of hydrogen-bond acceptors (Lipinski definition) is 19. The Kier molecular flexibility index (Phi) is 31.2. The van der Waals surface area contributed by atoms with Crippen LogP contribution in [-0.2, 0) is 81.9 Å². The minimum atomic E-state index is -1.71. The first-order valence-electron chi connectivity index (χ1n) is 29.0. The number of nitrogens with zero attached hydrogens (tertiary/aromatic N) is 1. The third-order valence-corrected chi connectivity index (χ3v) is 15.7. The minimum Gasteiger partial charge on any atom is -0.550 e. The molecule has 0 saturated heterocycles. The van der Waals surface area contributed by atoms with Crippen molar-refractivity contribution in [3.63, 3.8) is 0 Å². The first-order valence-corrected chi connectivity index (χ1v) is 31.3. The summed E-state index contributed by atoms with van der Waals surface area (Å²) in [6, 6.07) is 7.99. The Hall–Kier alpha value is -8.44. The van der Waals surface area contributed by atoms with E-state index in [1.807, 2.05) is 18.2 Å². The van der Waals surface area contributed by atoms with E-state index in [9.17, 15) is 68.1 Å². The van der Waals surface area contributed by atoms with Crippen molar-refractivity contribution in [1.29, 1.82) is 0 Å². The number of nitrogens with two attached hydrogens (primary N) is 1. The number of phenols is 1. The van der Waals surface area contributed by atoms with E-state index in [1.165, 1.54) is 68.7 Å². The molecule has 89 heavy (non-hydrogen) atoms. The number of unbranched alkanes of at least 4 members (excludes halogenated alkanes) is 2. The van der Waals surface area contributed by atoms with E-state index >= 15 is 0 Å². The fourth-order valence-electron chi connectivity index (χ4n) is 8.84. The highest BCUT2D eigenvalue weighted by Gasteiger charge is 2.35. The van der Waals surface area contributed by atoms with E-state index in [-0.39, 0.29) is 53.9 Å². The summed E-state index contributed by atoms with van der Waals surface area (Å²) < 4.78 is 6.18. The van der Waals surface area contributed by atoms with Gasteiger partial charge in [-0.25, -0.2) is 0 Å². The smallest absolute Gasteiger partial charge is 0.266 e. The molecule has 0 aromatic heterocycles. The van der Waals surface area contributed by atoms with Crippen LogP contribution in [0.2, 0.25) is 0 Å². The normalized spacial score (nSPS) is 21.6. The summed E-state index contributed by atoms with van der Waals surface area (Å²) in [5.41, 5.74) is 8.25. The van der Waals surface area contributed by atoms with Crippen LogP contribution in [0, 0.1) is 5.92 Å². The number of fused-ring (bicyclic) bond motifs is 2. The number of rotatable bonds is 21. The van der Waals surface area contributed by atoms with E-state index in [2.05, 4.69) is 64.8 Å². The molecule has 486 valence electrons. The number of carboxylic acids is 1. The van der Waals surface area contributed by atoms with E-state index in [1.54, 1.807) is 44.2 Å². The second kappa shape index (κ2) is 38.1. The zero-order valence-corrected chi connectivity index (χ0v) is 52.3. The molecule has 0 spiro atoms. The average molecular weight is 1280 g/mol. The number of oxime groups is 1. The fourth-order valence-corrected chi connectivity index (χ4v) is 10.8. The van der Waals surface area contributed by atoms with Crippen LogP contribution in [0.15, 0.2) is 78.0 Å². The first kappa shape index (κ1) is 73.0. The lowest BCUT2D eigenvalue weighted by Crippen LogP contribution is -2.61. The number of benzene rings is 3. The molecule has 10 amide bonds. The van der Waals surface area contributed by atoms with Gasteiger partial charge in [-0.15, -0.1) is 0 Å². The van der Waals surface area contributed by atoms with Crippen molar-refractivity contribution < 1.29 is 77.6 Å². The maximum absolute atomic E-state index is 14.7. The highest BCUT2D eigenvalue weighted by atomic mass is 32.2. The third-order valence-electron chi connectivity index (χ3n) is 13.5. The van der Waals surface area contributed by atoms with Gasteiger partial charge < -0.3 is 83.3 Å². The SMILES string of the molecule is CCCCCOc1cc2cc(c1)CSC[C@H](NC(=O)[C@H](Cc1ccccc1)NC(=O)/C=N/OC)C(=O)N[C@@H](CC(C)C)C(=O)NCC(=O)N[C@@H](Cc1ccc(O)cc1)C(=O)N[C@@H](CCC(=O)[O-])C(=O)N[C@@H](C)C(=O)N[C@@H]([C@@H](C)O)C(=O)N[C@H](C(N)=O)CSC2. The predicted octanol–water partition coefficient (Wildman–Crippen LogP) is -0.984. The molecular weight excluding hydrogens is 1190 g/mol. The molecule has 4 rings (SSSR count). The van der Waals surface area contributed by atoms with Crippen molar-refractivity contribution in [2.24, 2.45) is 16.8 Å². The number of aliphatic hydroxyl groups is 1. The van der Waals surface area contributed by atoms with Gasteiger partial charge in [0.05, 0.1) is 19.3 Å². The van der Waals surface area contributed by atoms with E-state index in [0.29, 0.717) is 23.5 Å².